The lowest BCUT2D eigenvalue weighted by atomic mass is 10.4. The lowest BCUT2D eigenvalue weighted by Gasteiger charge is -2.21. The molecule has 10 heteroatoms. The van der Waals surface area contributed by atoms with Crippen LogP contribution in [0.25, 0.3) is 0 Å². The van der Waals surface area contributed by atoms with Gasteiger partial charge in [0.25, 0.3) is 0 Å². The smallest absolute Gasteiger partial charge is 0.240 e. The van der Waals surface area contributed by atoms with Crippen molar-refractivity contribution in [3.05, 3.63) is 30.1 Å². The minimum atomic E-state index is -3.80. The minimum Gasteiger partial charge on any atom is -0.309 e. The van der Waals surface area contributed by atoms with Crippen molar-refractivity contribution in [2.75, 3.05) is 46.5 Å². The van der Waals surface area contributed by atoms with Crippen LogP contribution >= 0.6 is 0 Å². The zero-order valence-corrected chi connectivity index (χ0v) is 15.7. The van der Waals surface area contributed by atoms with Crippen LogP contribution in [0.1, 0.15) is 6.42 Å². The van der Waals surface area contributed by atoms with Crippen molar-refractivity contribution >= 4 is 20.0 Å². The van der Waals surface area contributed by atoms with E-state index < -0.39 is 25.9 Å². The van der Waals surface area contributed by atoms with Crippen molar-refractivity contribution in [1.29, 1.82) is 0 Å². The van der Waals surface area contributed by atoms with Gasteiger partial charge in [-0.15, -0.1) is 0 Å². The maximum absolute atomic E-state index is 12.8. The molecule has 0 aliphatic rings. The number of hydrogen-bond acceptors (Lipinski definition) is 5. The first kappa shape index (κ1) is 21.0. The van der Waals surface area contributed by atoms with Gasteiger partial charge in [0.15, 0.2) is 0 Å². The van der Waals surface area contributed by atoms with Crippen LogP contribution in [0.15, 0.2) is 29.2 Å². The summed E-state index contributed by atoms with van der Waals surface area (Å²) in [6.45, 7) is 1.02. The molecule has 0 saturated heterocycles. The molecule has 0 fully saturated rings. The van der Waals surface area contributed by atoms with Crippen molar-refractivity contribution < 1.29 is 21.2 Å². The summed E-state index contributed by atoms with van der Waals surface area (Å²) in [5, 5.41) is 0. The second-order valence-corrected chi connectivity index (χ2v) is 9.42. The summed E-state index contributed by atoms with van der Waals surface area (Å²) >= 11 is 0. The zero-order valence-electron chi connectivity index (χ0n) is 14.1. The summed E-state index contributed by atoms with van der Waals surface area (Å²) < 4.78 is 64.1. The van der Waals surface area contributed by atoms with Crippen LogP contribution in [0.5, 0.6) is 0 Å². The normalized spacial score (nSPS) is 12.9. The predicted molar refractivity (Wildman–Crippen MR) is 91.2 cm³/mol. The third-order valence-corrected chi connectivity index (χ3v) is 6.04. The molecule has 0 spiro atoms. The van der Waals surface area contributed by atoms with Gasteiger partial charge in [0.2, 0.25) is 20.0 Å². The van der Waals surface area contributed by atoms with E-state index in [-0.39, 0.29) is 18.0 Å². The van der Waals surface area contributed by atoms with Gasteiger partial charge in [-0.3, -0.25) is 0 Å². The number of sulfonamides is 2. The average molecular weight is 381 g/mol. The van der Waals surface area contributed by atoms with Gasteiger partial charge in [0.05, 0.1) is 11.2 Å². The van der Waals surface area contributed by atoms with E-state index in [1.165, 1.54) is 4.31 Å². The Morgan fingerprint density at radius 2 is 1.58 bits per heavy atom. The lowest BCUT2D eigenvalue weighted by molar-refractivity contribution is 0.352. The third kappa shape index (κ3) is 7.22. The van der Waals surface area contributed by atoms with Gasteiger partial charge in [0.1, 0.15) is 5.82 Å². The van der Waals surface area contributed by atoms with E-state index in [0.717, 1.165) is 37.1 Å². The number of nitrogens with one attached hydrogen (secondary N) is 1. The molecular formula is C14H24FN3O4S2. The molecule has 1 rings (SSSR count). The second kappa shape index (κ2) is 8.86. The Bertz CT molecular complexity index is 719. The molecule has 1 aromatic carbocycles. The summed E-state index contributed by atoms with van der Waals surface area (Å²) in [7, 11) is -3.44. The molecule has 1 N–H and O–H groups in total. The van der Waals surface area contributed by atoms with Gasteiger partial charge >= 0.3 is 0 Å². The zero-order chi connectivity index (χ0) is 18.4. The van der Waals surface area contributed by atoms with Crippen molar-refractivity contribution in [2.24, 2.45) is 0 Å². The summed E-state index contributed by atoms with van der Waals surface area (Å²) in [5.41, 5.74) is 0. The molecular weight excluding hydrogens is 357 g/mol. The maximum atomic E-state index is 12.8. The highest BCUT2D eigenvalue weighted by molar-refractivity contribution is 7.89. The average Bonchev–Trinajstić information content (AvgIpc) is 2.44. The Labute approximate surface area is 143 Å². The topological polar surface area (TPSA) is 86.8 Å². The molecule has 24 heavy (non-hydrogen) atoms. The molecule has 0 heterocycles. The van der Waals surface area contributed by atoms with Crippen LogP contribution in [0.4, 0.5) is 4.39 Å². The van der Waals surface area contributed by atoms with E-state index in [9.17, 15) is 21.2 Å². The van der Waals surface area contributed by atoms with E-state index in [4.69, 9.17) is 0 Å². The monoisotopic (exact) mass is 381 g/mol. The Kier molecular flexibility index (Phi) is 7.74. The maximum Gasteiger partial charge on any atom is 0.240 e. The molecule has 138 valence electrons. The van der Waals surface area contributed by atoms with E-state index in [1.54, 1.807) is 0 Å². The van der Waals surface area contributed by atoms with Gasteiger partial charge in [-0.1, -0.05) is 0 Å². The first-order valence-corrected chi connectivity index (χ1v) is 10.7. The Hall–Kier alpha value is -1.07. The summed E-state index contributed by atoms with van der Waals surface area (Å²) in [4.78, 5) is 1.87. The van der Waals surface area contributed by atoms with Crippen LogP contribution in [0, 0.1) is 5.82 Å². The Morgan fingerprint density at radius 3 is 2.08 bits per heavy atom. The van der Waals surface area contributed by atoms with Gasteiger partial charge in [-0.2, -0.15) is 0 Å². The fourth-order valence-corrected chi connectivity index (χ4v) is 3.91. The second-order valence-electron chi connectivity index (χ2n) is 5.67. The standard InChI is InChI=1S/C14H24FN3O4S2/c1-17(2)10-4-11-18(23(3,19)20)12-9-16-24(21,22)14-7-5-13(15)6-8-14/h5-8,16H,4,9-12H2,1-3H3. The number of benzene rings is 1. The largest absolute Gasteiger partial charge is 0.309 e. The first-order valence-electron chi connectivity index (χ1n) is 7.37. The van der Waals surface area contributed by atoms with E-state index in [0.29, 0.717) is 13.0 Å². The molecule has 1 aromatic rings. The quantitative estimate of drug-likeness (QED) is 0.631. The van der Waals surface area contributed by atoms with Crippen LogP contribution < -0.4 is 4.72 Å². The van der Waals surface area contributed by atoms with E-state index in [2.05, 4.69) is 4.72 Å². The first-order chi connectivity index (χ1) is 11.0. The predicted octanol–water partition coefficient (Wildman–Crippen LogP) is 0.317. The molecule has 0 aromatic heterocycles. The van der Waals surface area contributed by atoms with Crippen molar-refractivity contribution in [3.8, 4) is 0 Å². The summed E-state index contributed by atoms with van der Waals surface area (Å²) in [6.07, 6.45) is 1.74. The lowest BCUT2D eigenvalue weighted by Crippen LogP contribution is -2.39. The minimum absolute atomic E-state index is 0.0344. The Balaban J connectivity index is 2.62. The SMILES string of the molecule is CN(C)CCCN(CCNS(=O)(=O)c1ccc(F)cc1)S(C)(=O)=O. The number of nitrogens with zero attached hydrogens (tertiary/aromatic N) is 2. The molecule has 0 atom stereocenters. The molecule has 7 nitrogen and oxygen atoms in total. The van der Waals surface area contributed by atoms with Crippen molar-refractivity contribution in [3.63, 3.8) is 0 Å². The highest BCUT2D eigenvalue weighted by atomic mass is 32.2. The van der Waals surface area contributed by atoms with Gasteiger partial charge < -0.3 is 4.90 Å². The van der Waals surface area contributed by atoms with Gasteiger partial charge in [-0.25, -0.2) is 30.3 Å². The number of halogens is 1. The Morgan fingerprint density at radius 1 is 1.00 bits per heavy atom. The van der Waals surface area contributed by atoms with Gasteiger partial charge in [0, 0.05) is 19.6 Å². The highest BCUT2D eigenvalue weighted by Gasteiger charge is 2.18. The van der Waals surface area contributed by atoms with Crippen molar-refractivity contribution in [2.45, 2.75) is 11.3 Å². The van der Waals surface area contributed by atoms with Crippen LogP contribution in [-0.2, 0) is 20.0 Å². The molecule has 0 saturated carbocycles. The third-order valence-electron chi connectivity index (χ3n) is 3.26. The molecule has 0 bridgehead atoms. The summed E-state index contributed by atoms with van der Waals surface area (Å²) in [6, 6.07) is 4.42. The molecule has 0 radical (unpaired) electrons. The number of hydrogen-bond donors (Lipinski definition) is 1. The fourth-order valence-electron chi connectivity index (χ4n) is 2.01. The molecule has 0 unspecified atom stereocenters. The number of rotatable bonds is 10. The molecule has 0 aliphatic heterocycles. The van der Waals surface area contributed by atoms with Crippen LogP contribution in [0.2, 0.25) is 0 Å². The summed E-state index contributed by atoms with van der Waals surface area (Å²) in [5.74, 6) is -0.530. The van der Waals surface area contributed by atoms with Crippen molar-refractivity contribution in [1.82, 2.24) is 13.9 Å². The van der Waals surface area contributed by atoms with Crippen LogP contribution in [0.3, 0.4) is 0 Å². The molecule has 0 aliphatic carbocycles. The fraction of sp³-hybridized carbons (Fsp3) is 0.571. The van der Waals surface area contributed by atoms with Crippen LogP contribution in [-0.4, -0.2) is 72.6 Å². The molecule has 0 amide bonds. The highest BCUT2D eigenvalue weighted by Crippen LogP contribution is 2.09. The van der Waals surface area contributed by atoms with E-state index >= 15 is 0 Å². The van der Waals surface area contributed by atoms with Gasteiger partial charge in [-0.05, 0) is 51.3 Å². The van der Waals surface area contributed by atoms with E-state index in [1.807, 2.05) is 19.0 Å².